The van der Waals surface area contributed by atoms with E-state index < -0.39 is 11.9 Å². The van der Waals surface area contributed by atoms with Gasteiger partial charge in [0.25, 0.3) is 0 Å². The van der Waals surface area contributed by atoms with Crippen LogP contribution in [-0.4, -0.2) is 19.0 Å². The molecule has 98 valence electrons. The Morgan fingerprint density at radius 2 is 2.17 bits per heavy atom. The molecule has 1 atom stereocenters. The topological polar surface area (TPSA) is 41.1 Å². The quantitative estimate of drug-likeness (QED) is 0.840. The van der Waals surface area contributed by atoms with E-state index in [1.807, 2.05) is 0 Å². The molecule has 1 heterocycles. The molecule has 3 nitrogen and oxygen atoms in total. The third-order valence-electron chi connectivity index (χ3n) is 3.02. The first-order valence-electron chi connectivity index (χ1n) is 5.65. The van der Waals surface area contributed by atoms with Gasteiger partial charge in [-0.05, 0) is 19.1 Å². The van der Waals surface area contributed by atoms with E-state index in [2.05, 4.69) is 10.6 Å². The maximum absolute atomic E-state index is 13.4. The van der Waals surface area contributed by atoms with Gasteiger partial charge in [-0.1, -0.05) is 23.2 Å². The fraction of sp³-hybridized carbons (Fsp3) is 0.417. The van der Waals surface area contributed by atoms with Gasteiger partial charge in [0.15, 0.2) is 0 Å². The standard InChI is InChI=1S/C12H13Cl2FN2O/c1-6(17-12(18)7-4-16-5-7)10-8(13)2-3-9(15)11(10)14/h2-3,6-7,16H,4-5H2,1H3,(H,17,18). The number of carbonyl (C=O) groups excluding carboxylic acids is 1. The van der Waals surface area contributed by atoms with Gasteiger partial charge in [-0.3, -0.25) is 4.79 Å². The minimum absolute atomic E-state index is 0.0291. The molecule has 2 N–H and O–H groups in total. The summed E-state index contributed by atoms with van der Waals surface area (Å²) in [5.74, 6) is -0.640. The first kappa shape index (κ1) is 13.6. The fourth-order valence-electron chi connectivity index (χ4n) is 1.82. The smallest absolute Gasteiger partial charge is 0.226 e. The maximum atomic E-state index is 13.4. The van der Waals surface area contributed by atoms with Gasteiger partial charge in [0, 0.05) is 23.7 Å². The van der Waals surface area contributed by atoms with Crippen molar-refractivity contribution in [2.24, 2.45) is 5.92 Å². The summed E-state index contributed by atoms with van der Waals surface area (Å²) in [6, 6.07) is 2.22. The van der Waals surface area contributed by atoms with Crippen molar-refractivity contribution in [2.75, 3.05) is 13.1 Å². The summed E-state index contributed by atoms with van der Waals surface area (Å²) >= 11 is 11.9. The van der Waals surface area contributed by atoms with E-state index in [-0.39, 0.29) is 16.8 Å². The van der Waals surface area contributed by atoms with Crippen LogP contribution in [0.2, 0.25) is 10.0 Å². The monoisotopic (exact) mass is 290 g/mol. The lowest BCUT2D eigenvalue weighted by Crippen LogP contribution is -2.51. The predicted octanol–water partition coefficient (Wildman–Crippen LogP) is 2.53. The minimum atomic E-state index is -0.539. The van der Waals surface area contributed by atoms with Crippen molar-refractivity contribution in [2.45, 2.75) is 13.0 Å². The van der Waals surface area contributed by atoms with E-state index in [0.717, 1.165) is 0 Å². The van der Waals surface area contributed by atoms with Gasteiger partial charge >= 0.3 is 0 Å². The Balaban J connectivity index is 2.15. The van der Waals surface area contributed by atoms with Crippen LogP contribution in [0.3, 0.4) is 0 Å². The van der Waals surface area contributed by atoms with Crippen molar-refractivity contribution < 1.29 is 9.18 Å². The van der Waals surface area contributed by atoms with Crippen LogP contribution < -0.4 is 10.6 Å². The first-order chi connectivity index (χ1) is 8.50. The van der Waals surface area contributed by atoms with Crippen molar-refractivity contribution >= 4 is 29.1 Å². The van der Waals surface area contributed by atoms with Gasteiger partial charge in [0.1, 0.15) is 5.82 Å². The molecular weight excluding hydrogens is 278 g/mol. The zero-order chi connectivity index (χ0) is 13.3. The summed E-state index contributed by atoms with van der Waals surface area (Å²) in [4.78, 5) is 11.8. The van der Waals surface area contributed by atoms with Crippen molar-refractivity contribution in [1.29, 1.82) is 0 Å². The number of hydrogen-bond donors (Lipinski definition) is 2. The van der Waals surface area contributed by atoms with E-state index >= 15 is 0 Å². The number of rotatable bonds is 3. The summed E-state index contributed by atoms with van der Waals surface area (Å²) in [5, 5.41) is 6.11. The van der Waals surface area contributed by atoms with Gasteiger partial charge in [-0.15, -0.1) is 0 Å². The van der Waals surface area contributed by atoms with Gasteiger partial charge < -0.3 is 10.6 Å². The SMILES string of the molecule is CC(NC(=O)C1CNC1)c1c(Cl)ccc(F)c1Cl. The van der Waals surface area contributed by atoms with E-state index in [9.17, 15) is 9.18 Å². The molecule has 1 aromatic rings. The molecule has 1 amide bonds. The van der Waals surface area contributed by atoms with Crippen LogP contribution in [0.4, 0.5) is 4.39 Å². The second kappa shape index (κ2) is 5.43. The Kier molecular flexibility index (Phi) is 4.10. The molecule has 0 aliphatic carbocycles. The Hall–Kier alpha value is -0.840. The highest BCUT2D eigenvalue weighted by Crippen LogP contribution is 2.32. The number of benzene rings is 1. The lowest BCUT2D eigenvalue weighted by molar-refractivity contribution is -0.127. The highest BCUT2D eigenvalue weighted by molar-refractivity contribution is 6.36. The molecule has 0 radical (unpaired) electrons. The van der Waals surface area contributed by atoms with Gasteiger partial charge in [0.05, 0.1) is 17.0 Å². The highest BCUT2D eigenvalue weighted by Gasteiger charge is 2.27. The Morgan fingerprint density at radius 1 is 1.50 bits per heavy atom. The Labute approximate surface area is 115 Å². The maximum Gasteiger partial charge on any atom is 0.226 e. The van der Waals surface area contributed by atoms with E-state index in [0.29, 0.717) is 23.7 Å². The molecule has 0 bridgehead atoms. The van der Waals surface area contributed by atoms with Crippen LogP contribution in [0, 0.1) is 11.7 Å². The van der Waals surface area contributed by atoms with Crippen LogP contribution in [-0.2, 0) is 4.79 Å². The third kappa shape index (κ3) is 2.60. The number of amides is 1. The van der Waals surface area contributed by atoms with Gasteiger partial charge in [-0.25, -0.2) is 4.39 Å². The first-order valence-corrected chi connectivity index (χ1v) is 6.40. The van der Waals surface area contributed by atoms with Crippen LogP contribution >= 0.6 is 23.2 Å². The summed E-state index contributed by atoms with van der Waals surface area (Å²) < 4.78 is 13.4. The second-order valence-corrected chi connectivity index (χ2v) is 5.13. The van der Waals surface area contributed by atoms with Gasteiger partial charge in [-0.2, -0.15) is 0 Å². The summed E-state index contributed by atoms with van der Waals surface area (Å²) in [6.07, 6.45) is 0. The molecule has 1 aliphatic rings. The van der Waals surface area contributed by atoms with Crippen LogP contribution in [0.25, 0.3) is 0 Å². The summed E-state index contributed by atoms with van der Waals surface area (Å²) in [7, 11) is 0. The minimum Gasteiger partial charge on any atom is -0.349 e. The normalized spacial score (nSPS) is 17.1. The van der Waals surface area contributed by atoms with Crippen molar-refractivity contribution in [1.82, 2.24) is 10.6 Å². The molecule has 0 spiro atoms. The zero-order valence-corrected chi connectivity index (χ0v) is 11.3. The lowest BCUT2D eigenvalue weighted by atomic mass is 10.0. The molecule has 1 fully saturated rings. The highest BCUT2D eigenvalue weighted by atomic mass is 35.5. The number of nitrogens with one attached hydrogen (secondary N) is 2. The average Bonchev–Trinajstić information content (AvgIpc) is 2.21. The lowest BCUT2D eigenvalue weighted by Gasteiger charge is -2.28. The van der Waals surface area contributed by atoms with Crippen LogP contribution in [0.5, 0.6) is 0 Å². The molecule has 2 rings (SSSR count). The molecule has 1 aliphatic heterocycles. The Morgan fingerprint density at radius 3 is 2.72 bits per heavy atom. The molecule has 1 unspecified atom stereocenters. The summed E-state index contributed by atoms with van der Waals surface area (Å²) in [6.45, 7) is 3.07. The van der Waals surface area contributed by atoms with Gasteiger partial charge in [0.2, 0.25) is 5.91 Å². The number of halogens is 3. The van der Waals surface area contributed by atoms with Crippen LogP contribution in [0.1, 0.15) is 18.5 Å². The predicted molar refractivity (Wildman–Crippen MR) is 69.3 cm³/mol. The molecule has 1 aromatic carbocycles. The van der Waals surface area contributed by atoms with E-state index in [1.54, 1.807) is 6.92 Å². The molecule has 18 heavy (non-hydrogen) atoms. The van der Waals surface area contributed by atoms with E-state index in [1.165, 1.54) is 12.1 Å². The molecule has 6 heteroatoms. The summed E-state index contributed by atoms with van der Waals surface area (Å²) in [5.41, 5.74) is 0.416. The number of hydrogen-bond acceptors (Lipinski definition) is 2. The van der Waals surface area contributed by atoms with Crippen molar-refractivity contribution in [3.63, 3.8) is 0 Å². The molecular formula is C12H13Cl2FN2O. The Bertz CT molecular complexity index is 477. The fourth-order valence-corrected chi connectivity index (χ4v) is 2.52. The third-order valence-corrected chi connectivity index (χ3v) is 3.74. The van der Waals surface area contributed by atoms with E-state index in [4.69, 9.17) is 23.2 Å². The van der Waals surface area contributed by atoms with Crippen LogP contribution in [0.15, 0.2) is 12.1 Å². The molecule has 0 saturated carbocycles. The molecule has 0 aromatic heterocycles. The largest absolute Gasteiger partial charge is 0.349 e. The molecule has 1 saturated heterocycles. The average molecular weight is 291 g/mol. The zero-order valence-electron chi connectivity index (χ0n) is 9.77. The van der Waals surface area contributed by atoms with Crippen molar-refractivity contribution in [3.8, 4) is 0 Å². The number of carbonyl (C=O) groups is 1. The second-order valence-electron chi connectivity index (χ2n) is 4.34. The van der Waals surface area contributed by atoms with Crippen molar-refractivity contribution in [3.05, 3.63) is 33.6 Å².